The molecule has 1 atom stereocenters. The minimum absolute atomic E-state index is 0.126. The zero-order valence-corrected chi connectivity index (χ0v) is 24.5. The minimum Gasteiger partial charge on any atom is -0.491 e. The number of amides is 2. The number of esters is 1. The van der Waals surface area contributed by atoms with Crippen LogP contribution >= 0.6 is 0 Å². The van der Waals surface area contributed by atoms with E-state index in [4.69, 9.17) is 18.9 Å². The van der Waals surface area contributed by atoms with Crippen LogP contribution < -0.4 is 15.4 Å². The van der Waals surface area contributed by atoms with Crippen LogP contribution in [0.2, 0.25) is 0 Å². The number of hydrogen-bond donors (Lipinski definition) is 3. The Kier molecular flexibility index (Phi) is 13.5. The van der Waals surface area contributed by atoms with Crippen LogP contribution in [0.1, 0.15) is 52.0 Å². The molecule has 1 heterocycles. The molecule has 0 spiro atoms. The van der Waals surface area contributed by atoms with Crippen molar-refractivity contribution in [3.05, 3.63) is 29.8 Å². The Morgan fingerprint density at radius 3 is 2.38 bits per heavy atom. The first kappa shape index (κ1) is 32.1. The second kappa shape index (κ2) is 16.8. The van der Waals surface area contributed by atoms with Gasteiger partial charge in [-0.1, -0.05) is 12.1 Å². The van der Waals surface area contributed by atoms with Gasteiger partial charge in [0.2, 0.25) is 0 Å². The highest BCUT2D eigenvalue weighted by atomic mass is 16.5. The number of likely N-dealkylation sites (tertiary alicyclic amines) is 1. The maximum Gasteiger partial charge on any atom is 0.317 e. The summed E-state index contributed by atoms with van der Waals surface area (Å²) in [5, 5.41) is 16.2. The molecule has 1 unspecified atom stereocenters. The van der Waals surface area contributed by atoms with Crippen molar-refractivity contribution in [2.45, 2.75) is 65.1 Å². The number of hydrogen-bond acceptors (Lipinski definition) is 8. The van der Waals surface area contributed by atoms with Gasteiger partial charge in [-0.25, -0.2) is 4.79 Å². The molecular formula is C30H49N3O7. The quantitative estimate of drug-likeness (QED) is 0.196. The molecule has 10 heteroatoms. The van der Waals surface area contributed by atoms with Crippen molar-refractivity contribution >= 4 is 12.0 Å². The van der Waals surface area contributed by atoms with E-state index < -0.39 is 11.5 Å². The zero-order valence-electron chi connectivity index (χ0n) is 24.5. The van der Waals surface area contributed by atoms with Gasteiger partial charge in [0.05, 0.1) is 25.2 Å². The number of rotatable bonds is 17. The minimum atomic E-state index is -0.666. The van der Waals surface area contributed by atoms with Crippen molar-refractivity contribution in [2.24, 2.45) is 11.3 Å². The summed E-state index contributed by atoms with van der Waals surface area (Å²) in [6, 6.07) is 7.70. The number of carbonyl (C=O) groups is 2. The lowest BCUT2D eigenvalue weighted by Gasteiger charge is -2.33. The van der Waals surface area contributed by atoms with Crippen molar-refractivity contribution in [3.8, 4) is 5.75 Å². The number of aliphatic hydroxyl groups excluding tert-OH is 1. The zero-order chi connectivity index (χ0) is 28.8. The van der Waals surface area contributed by atoms with Gasteiger partial charge in [-0.15, -0.1) is 0 Å². The Labute approximate surface area is 239 Å². The molecule has 10 nitrogen and oxygen atoms in total. The van der Waals surface area contributed by atoms with E-state index >= 15 is 0 Å². The summed E-state index contributed by atoms with van der Waals surface area (Å²) in [4.78, 5) is 26.2. The van der Waals surface area contributed by atoms with Gasteiger partial charge in [-0.2, -0.15) is 0 Å². The first-order valence-electron chi connectivity index (χ1n) is 14.7. The maximum atomic E-state index is 12.4. The molecule has 3 rings (SSSR count). The fourth-order valence-corrected chi connectivity index (χ4v) is 4.09. The molecule has 1 aromatic rings. The van der Waals surface area contributed by atoms with E-state index in [0.717, 1.165) is 18.9 Å². The Balaban J connectivity index is 1.16. The van der Waals surface area contributed by atoms with Crippen molar-refractivity contribution < 1.29 is 33.6 Å². The van der Waals surface area contributed by atoms with Gasteiger partial charge < -0.3 is 39.6 Å². The molecule has 1 aliphatic heterocycles. The van der Waals surface area contributed by atoms with Crippen LogP contribution in [0.3, 0.4) is 0 Å². The number of nitrogens with zero attached hydrogens (tertiary/aromatic N) is 1. The molecule has 1 saturated carbocycles. The second-order valence-electron chi connectivity index (χ2n) is 11.8. The van der Waals surface area contributed by atoms with Gasteiger partial charge in [0, 0.05) is 52.2 Å². The van der Waals surface area contributed by atoms with Crippen LogP contribution in [0.4, 0.5) is 4.79 Å². The number of aliphatic hydroxyl groups is 1. The van der Waals surface area contributed by atoms with E-state index in [1.54, 1.807) is 4.90 Å². The summed E-state index contributed by atoms with van der Waals surface area (Å²) in [5.41, 5.74) is 0.649. The molecule has 1 aromatic carbocycles. The van der Waals surface area contributed by atoms with Crippen LogP contribution in [0.15, 0.2) is 24.3 Å². The molecule has 1 aliphatic carbocycles. The SMILES string of the molecule is CC(C)(C)C(=O)OC1CCN(C(=O)NCCNCC(O)COc2ccc(CCOCCOCC3CC3)cc2)CC1. The molecule has 3 N–H and O–H groups in total. The van der Waals surface area contributed by atoms with Crippen LogP contribution in [-0.4, -0.2) is 100.0 Å². The van der Waals surface area contributed by atoms with E-state index in [2.05, 4.69) is 10.6 Å². The lowest BCUT2D eigenvalue weighted by molar-refractivity contribution is -0.160. The summed E-state index contributed by atoms with van der Waals surface area (Å²) >= 11 is 0. The summed E-state index contributed by atoms with van der Waals surface area (Å²) in [7, 11) is 0. The Bertz CT molecular complexity index is 878. The normalized spacial score (nSPS) is 16.9. The second-order valence-corrected chi connectivity index (χ2v) is 11.8. The molecule has 1 saturated heterocycles. The third-order valence-corrected chi connectivity index (χ3v) is 6.90. The Morgan fingerprint density at radius 1 is 1.00 bits per heavy atom. The predicted molar refractivity (Wildman–Crippen MR) is 152 cm³/mol. The average molecular weight is 564 g/mol. The molecule has 2 aliphatic rings. The van der Waals surface area contributed by atoms with Crippen LogP contribution in [-0.2, 0) is 25.4 Å². The lowest BCUT2D eigenvalue weighted by atomic mass is 9.97. The van der Waals surface area contributed by atoms with Gasteiger partial charge in [0.15, 0.2) is 0 Å². The topological polar surface area (TPSA) is 119 Å². The highest BCUT2D eigenvalue weighted by Crippen LogP contribution is 2.28. The maximum absolute atomic E-state index is 12.4. The fraction of sp³-hybridized carbons (Fsp3) is 0.733. The summed E-state index contributed by atoms with van der Waals surface area (Å²) < 4.78 is 22.5. The molecule has 2 fully saturated rings. The number of benzene rings is 1. The first-order chi connectivity index (χ1) is 19.2. The van der Waals surface area contributed by atoms with Gasteiger partial charge in [-0.3, -0.25) is 4.79 Å². The molecule has 0 aromatic heterocycles. The molecule has 0 radical (unpaired) electrons. The Morgan fingerprint density at radius 2 is 1.70 bits per heavy atom. The molecule has 0 bridgehead atoms. The Hall–Kier alpha value is -2.40. The van der Waals surface area contributed by atoms with Crippen molar-refractivity contribution in [1.29, 1.82) is 0 Å². The first-order valence-corrected chi connectivity index (χ1v) is 14.7. The molecule has 2 amide bonds. The molecular weight excluding hydrogens is 514 g/mol. The van der Waals surface area contributed by atoms with Crippen molar-refractivity contribution in [3.63, 3.8) is 0 Å². The molecule has 226 valence electrons. The smallest absolute Gasteiger partial charge is 0.317 e. The van der Waals surface area contributed by atoms with Gasteiger partial charge >= 0.3 is 12.0 Å². The van der Waals surface area contributed by atoms with Gasteiger partial charge in [-0.05, 0) is 63.6 Å². The lowest BCUT2D eigenvalue weighted by Crippen LogP contribution is -2.48. The van der Waals surface area contributed by atoms with E-state index in [1.807, 2.05) is 45.0 Å². The third kappa shape index (κ3) is 12.8. The molecule has 40 heavy (non-hydrogen) atoms. The van der Waals surface area contributed by atoms with E-state index in [9.17, 15) is 14.7 Å². The highest BCUT2D eigenvalue weighted by molar-refractivity contribution is 5.76. The largest absolute Gasteiger partial charge is 0.491 e. The number of carbonyl (C=O) groups excluding carboxylic acids is 2. The summed E-state index contributed by atoms with van der Waals surface area (Å²) in [6.07, 6.45) is 3.93. The van der Waals surface area contributed by atoms with Crippen molar-refractivity contribution in [2.75, 3.05) is 65.8 Å². The highest BCUT2D eigenvalue weighted by Gasteiger charge is 2.29. The van der Waals surface area contributed by atoms with Crippen LogP contribution in [0.5, 0.6) is 5.75 Å². The predicted octanol–water partition coefficient (Wildman–Crippen LogP) is 2.76. The third-order valence-electron chi connectivity index (χ3n) is 6.90. The number of piperidine rings is 1. The van der Waals surface area contributed by atoms with Crippen molar-refractivity contribution in [1.82, 2.24) is 15.5 Å². The van der Waals surface area contributed by atoms with E-state index in [-0.39, 0.29) is 24.7 Å². The van der Waals surface area contributed by atoms with Gasteiger partial charge in [0.25, 0.3) is 0 Å². The summed E-state index contributed by atoms with van der Waals surface area (Å²) in [5.74, 6) is 1.29. The monoisotopic (exact) mass is 563 g/mol. The average Bonchev–Trinajstić information content (AvgIpc) is 3.76. The van der Waals surface area contributed by atoms with E-state index in [0.29, 0.717) is 71.1 Å². The summed E-state index contributed by atoms with van der Waals surface area (Å²) in [6.45, 7) is 11.0. The van der Waals surface area contributed by atoms with E-state index in [1.165, 1.54) is 18.4 Å². The number of ether oxygens (including phenoxy) is 4. The standard InChI is InChI=1S/C30H49N3O7/c1-30(2,3)28(35)40-27-10-15-33(16-11-27)29(36)32-14-13-31-20-25(34)22-39-26-8-6-23(7-9-26)12-17-37-18-19-38-21-24-4-5-24/h6-9,24-25,27,31,34H,4-5,10-22H2,1-3H3,(H,32,36). The number of nitrogens with one attached hydrogen (secondary N) is 2. The van der Waals surface area contributed by atoms with Gasteiger partial charge in [0.1, 0.15) is 24.6 Å². The van der Waals surface area contributed by atoms with Crippen LogP contribution in [0, 0.1) is 11.3 Å². The fourth-order valence-electron chi connectivity index (χ4n) is 4.09. The number of urea groups is 1. The van der Waals surface area contributed by atoms with Crippen LogP contribution in [0.25, 0.3) is 0 Å².